The highest BCUT2D eigenvalue weighted by Crippen LogP contribution is 2.42. The summed E-state index contributed by atoms with van der Waals surface area (Å²) in [5.41, 5.74) is 5.22. The molecule has 0 spiro atoms. The van der Waals surface area contributed by atoms with Crippen molar-refractivity contribution in [2.45, 2.75) is 22.1 Å². The molecule has 1 aliphatic carbocycles. The molecule has 2 rings (SSSR count). The van der Waals surface area contributed by atoms with Crippen LogP contribution in [0.1, 0.15) is 6.42 Å². The van der Waals surface area contributed by atoms with Crippen LogP contribution in [0.5, 0.6) is 0 Å². The van der Waals surface area contributed by atoms with E-state index in [0.29, 0.717) is 11.3 Å². The Morgan fingerprint density at radius 1 is 1.44 bits per heavy atom. The number of sulfone groups is 1. The van der Waals surface area contributed by atoms with E-state index in [4.69, 9.17) is 10.5 Å². The van der Waals surface area contributed by atoms with Gasteiger partial charge in [-0.25, -0.2) is 8.42 Å². The second kappa shape index (κ2) is 3.84. The average Bonchev–Trinajstić information content (AvgIpc) is 2.93. The predicted octanol–water partition coefficient (Wildman–Crippen LogP) is 0.577. The number of nitrogens with two attached hydrogens (primary N) is 1. The number of hydrogen-bond acceptors (Lipinski definition) is 4. The number of ether oxygens (including phenoxy) is 1. The van der Waals surface area contributed by atoms with Crippen molar-refractivity contribution in [1.29, 1.82) is 0 Å². The van der Waals surface area contributed by atoms with Gasteiger partial charge < -0.3 is 10.5 Å². The maximum atomic E-state index is 12.1. The van der Waals surface area contributed by atoms with Crippen molar-refractivity contribution in [1.82, 2.24) is 0 Å². The number of methoxy groups -OCH3 is 1. The third kappa shape index (κ3) is 1.86. The van der Waals surface area contributed by atoms with Gasteiger partial charge in [0, 0.05) is 7.11 Å². The zero-order chi connectivity index (χ0) is 11.8. The highest BCUT2D eigenvalue weighted by molar-refractivity contribution is 7.92. The van der Waals surface area contributed by atoms with E-state index in [1.165, 1.54) is 7.11 Å². The molecule has 0 bridgehead atoms. The fourth-order valence-electron chi connectivity index (χ4n) is 1.90. The molecular weight excluding hydrogens is 226 g/mol. The summed E-state index contributed by atoms with van der Waals surface area (Å²) in [6.07, 6.45) is 0.470. The first-order valence-electron chi connectivity index (χ1n) is 5.07. The molecule has 88 valence electrons. The molecule has 1 aliphatic rings. The van der Waals surface area contributed by atoms with Gasteiger partial charge in [-0.15, -0.1) is 0 Å². The molecule has 2 atom stereocenters. The van der Waals surface area contributed by atoms with Gasteiger partial charge in [0.15, 0.2) is 9.84 Å². The monoisotopic (exact) mass is 241 g/mol. The zero-order valence-corrected chi connectivity index (χ0v) is 9.91. The lowest BCUT2D eigenvalue weighted by Crippen LogP contribution is -2.35. The van der Waals surface area contributed by atoms with E-state index in [-0.39, 0.29) is 6.61 Å². The minimum Gasteiger partial charge on any atom is -0.383 e. The largest absolute Gasteiger partial charge is 0.383 e. The van der Waals surface area contributed by atoms with E-state index in [1.807, 2.05) is 0 Å². The van der Waals surface area contributed by atoms with Crippen molar-refractivity contribution in [3.63, 3.8) is 0 Å². The molecule has 1 fully saturated rings. The van der Waals surface area contributed by atoms with E-state index in [1.54, 1.807) is 30.3 Å². The summed E-state index contributed by atoms with van der Waals surface area (Å²) >= 11 is 0. The standard InChI is InChI=1S/C11H15NO3S/c1-15-8-11(12)7-10(11)16(13,14)9-5-3-2-4-6-9/h2-6,10H,7-8,12H2,1H3/t10-,11-/m1/s1. The Balaban J connectivity index is 2.24. The van der Waals surface area contributed by atoms with Gasteiger partial charge in [-0.3, -0.25) is 0 Å². The molecule has 4 nitrogen and oxygen atoms in total. The fraction of sp³-hybridized carbons (Fsp3) is 0.455. The Morgan fingerprint density at radius 3 is 2.62 bits per heavy atom. The second-order valence-corrected chi connectivity index (χ2v) is 6.35. The summed E-state index contributed by atoms with van der Waals surface area (Å²) in [5, 5.41) is -0.512. The van der Waals surface area contributed by atoms with Gasteiger partial charge in [-0.1, -0.05) is 18.2 Å². The van der Waals surface area contributed by atoms with Crippen LogP contribution in [0, 0.1) is 0 Å². The van der Waals surface area contributed by atoms with Crippen LogP contribution < -0.4 is 5.73 Å². The average molecular weight is 241 g/mol. The highest BCUT2D eigenvalue weighted by atomic mass is 32.2. The molecule has 0 heterocycles. The topological polar surface area (TPSA) is 69.4 Å². The quantitative estimate of drug-likeness (QED) is 0.837. The SMILES string of the molecule is COC[C@]1(N)C[C@H]1S(=O)(=O)c1ccccc1. The molecular formula is C11H15NO3S. The van der Waals surface area contributed by atoms with E-state index < -0.39 is 20.6 Å². The molecule has 1 aromatic rings. The maximum Gasteiger partial charge on any atom is 0.183 e. The molecule has 0 radical (unpaired) electrons. The Hall–Kier alpha value is -0.910. The van der Waals surface area contributed by atoms with Crippen molar-refractivity contribution >= 4 is 9.84 Å². The van der Waals surface area contributed by atoms with E-state index >= 15 is 0 Å². The second-order valence-electron chi connectivity index (χ2n) is 4.22. The molecule has 1 saturated carbocycles. The Bertz CT molecular complexity index is 471. The molecule has 0 aromatic heterocycles. The summed E-state index contributed by atoms with van der Waals surface area (Å²) in [6.45, 7) is 0.281. The summed E-state index contributed by atoms with van der Waals surface area (Å²) in [4.78, 5) is 0.337. The van der Waals surface area contributed by atoms with Crippen LogP contribution >= 0.6 is 0 Å². The molecule has 0 unspecified atom stereocenters. The smallest absolute Gasteiger partial charge is 0.183 e. The van der Waals surface area contributed by atoms with Crippen molar-refractivity contribution in [3.05, 3.63) is 30.3 Å². The van der Waals surface area contributed by atoms with Crippen LogP contribution in [0.4, 0.5) is 0 Å². The van der Waals surface area contributed by atoms with Gasteiger partial charge in [-0.2, -0.15) is 0 Å². The molecule has 0 saturated heterocycles. The van der Waals surface area contributed by atoms with Crippen LogP contribution in [0.2, 0.25) is 0 Å². The highest BCUT2D eigenvalue weighted by Gasteiger charge is 2.59. The Morgan fingerprint density at radius 2 is 2.06 bits per heavy atom. The minimum absolute atomic E-state index is 0.281. The van der Waals surface area contributed by atoms with Crippen molar-refractivity contribution in [2.24, 2.45) is 5.73 Å². The molecule has 16 heavy (non-hydrogen) atoms. The minimum atomic E-state index is -3.30. The molecule has 0 aliphatic heterocycles. The molecule has 0 amide bonds. The summed E-state index contributed by atoms with van der Waals surface area (Å²) in [7, 11) is -1.77. The van der Waals surface area contributed by atoms with Gasteiger partial charge >= 0.3 is 0 Å². The van der Waals surface area contributed by atoms with Crippen LogP contribution in [0.3, 0.4) is 0 Å². The van der Waals surface area contributed by atoms with Crippen molar-refractivity contribution < 1.29 is 13.2 Å². The van der Waals surface area contributed by atoms with Gasteiger partial charge in [0.25, 0.3) is 0 Å². The lowest BCUT2D eigenvalue weighted by atomic mass is 10.3. The third-order valence-corrected chi connectivity index (χ3v) is 5.22. The Kier molecular flexibility index (Phi) is 2.77. The van der Waals surface area contributed by atoms with E-state index in [9.17, 15) is 8.42 Å². The first-order valence-corrected chi connectivity index (χ1v) is 6.62. The van der Waals surface area contributed by atoms with Crippen LogP contribution in [0.25, 0.3) is 0 Å². The van der Waals surface area contributed by atoms with E-state index in [0.717, 1.165) is 0 Å². The molecule has 2 N–H and O–H groups in total. The predicted molar refractivity (Wildman–Crippen MR) is 60.8 cm³/mol. The first-order chi connectivity index (χ1) is 7.50. The van der Waals surface area contributed by atoms with Crippen LogP contribution in [-0.4, -0.2) is 32.9 Å². The Labute approximate surface area is 95.3 Å². The summed E-state index contributed by atoms with van der Waals surface area (Å²) in [6, 6.07) is 8.41. The van der Waals surface area contributed by atoms with E-state index in [2.05, 4.69) is 0 Å². The van der Waals surface area contributed by atoms with Gasteiger partial charge in [0.1, 0.15) is 0 Å². The zero-order valence-electron chi connectivity index (χ0n) is 9.09. The van der Waals surface area contributed by atoms with Gasteiger partial charge in [-0.05, 0) is 18.6 Å². The lowest BCUT2D eigenvalue weighted by Gasteiger charge is -2.10. The number of rotatable bonds is 4. The normalized spacial score (nSPS) is 29.0. The van der Waals surface area contributed by atoms with Crippen molar-refractivity contribution in [3.8, 4) is 0 Å². The summed E-state index contributed by atoms with van der Waals surface area (Å²) < 4.78 is 29.2. The fourth-order valence-corrected chi connectivity index (χ4v) is 3.98. The number of benzene rings is 1. The lowest BCUT2D eigenvalue weighted by molar-refractivity contribution is 0.173. The third-order valence-electron chi connectivity index (χ3n) is 2.91. The van der Waals surface area contributed by atoms with Crippen LogP contribution in [0.15, 0.2) is 35.2 Å². The number of hydrogen-bond donors (Lipinski definition) is 1. The molecule has 1 aromatic carbocycles. The van der Waals surface area contributed by atoms with Gasteiger partial charge in [0.2, 0.25) is 0 Å². The first kappa shape index (κ1) is 11.6. The van der Waals surface area contributed by atoms with Gasteiger partial charge in [0.05, 0.1) is 22.3 Å². The molecule has 5 heteroatoms. The summed E-state index contributed by atoms with van der Waals surface area (Å²) in [5.74, 6) is 0. The van der Waals surface area contributed by atoms with Crippen molar-refractivity contribution in [2.75, 3.05) is 13.7 Å². The van der Waals surface area contributed by atoms with Crippen LogP contribution in [-0.2, 0) is 14.6 Å². The maximum absolute atomic E-state index is 12.1.